The van der Waals surface area contributed by atoms with Crippen LogP contribution in [0.15, 0.2) is 24.3 Å². The number of nitrogens with one attached hydrogen (secondary N) is 2. The molecule has 0 spiro atoms. The molecule has 0 radical (unpaired) electrons. The minimum atomic E-state index is -4.37. The Balaban J connectivity index is 0.00000261. The molecule has 2 fully saturated rings. The van der Waals surface area contributed by atoms with E-state index in [1.807, 2.05) is 0 Å². The number of amides is 1. The Morgan fingerprint density at radius 1 is 1.33 bits per heavy atom. The molecule has 3 rings (SSSR count). The summed E-state index contributed by atoms with van der Waals surface area (Å²) in [7, 11) is 0. The first-order valence-electron chi connectivity index (χ1n) is 9.50. The summed E-state index contributed by atoms with van der Waals surface area (Å²) in [6.07, 6.45) is 0.614. The van der Waals surface area contributed by atoms with E-state index < -0.39 is 17.3 Å². The van der Waals surface area contributed by atoms with Crippen molar-refractivity contribution in [3.05, 3.63) is 35.4 Å². The van der Waals surface area contributed by atoms with Crippen LogP contribution in [0.2, 0.25) is 0 Å². The summed E-state index contributed by atoms with van der Waals surface area (Å²) in [5, 5.41) is 6.44. The number of alkyl halides is 3. The van der Waals surface area contributed by atoms with E-state index in [1.54, 1.807) is 6.07 Å². The average Bonchev–Trinajstić information content (AvgIpc) is 2.58. The van der Waals surface area contributed by atoms with Gasteiger partial charge in [-0.2, -0.15) is 13.2 Å². The number of carbonyl (C=O) groups is 1. The highest BCUT2D eigenvalue weighted by Gasteiger charge is 2.41. The summed E-state index contributed by atoms with van der Waals surface area (Å²) >= 11 is 0. The summed E-state index contributed by atoms with van der Waals surface area (Å²) in [5.74, 6) is 0.696. The van der Waals surface area contributed by atoms with Gasteiger partial charge in [-0.1, -0.05) is 19.1 Å². The molecule has 1 aromatic carbocycles. The van der Waals surface area contributed by atoms with Crippen LogP contribution in [0.25, 0.3) is 0 Å². The van der Waals surface area contributed by atoms with E-state index in [1.165, 1.54) is 12.1 Å². The van der Waals surface area contributed by atoms with Crippen LogP contribution >= 0.6 is 12.4 Å². The van der Waals surface area contributed by atoms with Crippen molar-refractivity contribution in [3.63, 3.8) is 0 Å². The van der Waals surface area contributed by atoms with Crippen molar-refractivity contribution in [2.75, 3.05) is 13.1 Å². The molecule has 0 aromatic heterocycles. The highest BCUT2D eigenvalue weighted by Crippen LogP contribution is 2.43. The molecule has 1 aliphatic heterocycles. The van der Waals surface area contributed by atoms with Crippen LogP contribution in [0.4, 0.5) is 13.2 Å². The number of rotatable bonds is 5. The lowest BCUT2D eigenvalue weighted by atomic mass is 9.71. The molecular formula is C20H28ClF3N2O. The summed E-state index contributed by atoms with van der Waals surface area (Å²) in [6, 6.07) is 5.40. The Labute approximate surface area is 164 Å². The van der Waals surface area contributed by atoms with E-state index >= 15 is 0 Å². The van der Waals surface area contributed by atoms with Crippen molar-refractivity contribution in [3.8, 4) is 0 Å². The van der Waals surface area contributed by atoms with Crippen molar-refractivity contribution in [1.29, 1.82) is 0 Å². The molecule has 7 heteroatoms. The van der Waals surface area contributed by atoms with Gasteiger partial charge in [-0.05, 0) is 74.7 Å². The second kappa shape index (κ2) is 8.82. The van der Waals surface area contributed by atoms with Crippen molar-refractivity contribution in [1.82, 2.24) is 10.6 Å². The Bertz CT molecular complexity index is 640. The fourth-order valence-electron chi connectivity index (χ4n) is 4.15. The standard InChI is InChI=1S/C20H27F3N2O.ClH/c1-14(15-5-3-10-24-13-15)11-18(26)25-19(8-4-9-19)16-6-2-7-17(12-16)20(21,22)23;/h2,6-7,12,14-15,24H,3-5,8-11,13H2,1H3,(H,25,26);1H. The molecule has 152 valence electrons. The van der Waals surface area contributed by atoms with Gasteiger partial charge < -0.3 is 10.6 Å². The minimum absolute atomic E-state index is 0. The maximum atomic E-state index is 13.0. The van der Waals surface area contributed by atoms with Gasteiger partial charge in [-0.15, -0.1) is 12.4 Å². The van der Waals surface area contributed by atoms with Crippen LogP contribution in [-0.4, -0.2) is 19.0 Å². The van der Waals surface area contributed by atoms with Gasteiger partial charge in [-0.25, -0.2) is 0 Å². The molecule has 1 saturated heterocycles. The van der Waals surface area contributed by atoms with E-state index in [2.05, 4.69) is 17.6 Å². The van der Waals surface area contributed by atoms with E-state index in [9.17, 15) is 18.0 Å². The molecular weight excluding hydrogens is 377 g/mol. The molecule has 1 heterocycles. The molecule has 3 nitrogen and oxygen atoms in total. The molecule has 1 aromatic rings. The predicted octanol–water partition coefficient (Wildman–Crippen LogP) is 4.65. The molecule has 0 bridgehead atoms. The smallest absolute Gasteiger partial charge is 0.347 e. The van der Waals surface area contributed by atoms with Crippen molar-refractivity contribution >= 4 is 18.3 Å². The number of piperidine rings is 1. The summed E-state index contributed by atoms with van der Waals surface area (Å²) in [5.41, 5.74) is -0.723. The van der Waals surface area contributed by atoms with Crippen molar-refractivity contribution in [2.24, 2.45) is 11.8 Å². The highest BCUT2D eigenvalue weighted by atomic mass is 35.5. The van der Waals surface area contributed by atoms with Gasteiger partial charge in [-0.3, -0.25) is 4.79 Å². The maximum Gasteiger partial charge on any atom is 0.416 e. The second-order valence-electron chi connectivity index (χ2n) is 7.85. The van der Waals surface area contributed by atoms with Crippen molar-refractivity contribution < 1.29 is 18.0 Å². The van der Waals surface area contributed by atoms with Gasteiger partial charge >= 0.3 is 6.18 Å². The molecule has 1 amide bonds. The fraction of sp³-hybridized carbons (Fsp3) is 0.650. The lowest BCUT2D eigenvalue weighted by Gasteiger charge is -2.43. The van der Waals surface area contributed by atoms with E-state index in [0.717, 1.165) is 38.4 Å². The van der Waals surface area contributed by atoms with Crippen LogP contribution < -0.4 is 10.6 Å². The number of benzene rings is 1. The number of hydrogen-bond donors (Lipinski definition) is 2. The first-order chi connectivity index (χ1) is 12.3. The van der Waals surface area contributed by atoms with E-state index in [4.69, 9.17) is 0 Å². The third kappa shape index (κ3) is 5.17. The first kappa shape index (κ1) is 22.0. The number of carbonyl (C=O) groups excluding carboxylic acids is 1. The van der Waals surface area contributed by atoms with Gasteiger partial charge in [0.2, 0.25) is 5.91 Å². The zero-order valence-corrected chi connectivity index (χ0v) is 16.4. The van der Waals surface area contributed by atoms with Gasteiger partial charge in [0.25, 0.3) is 0 Å². The lowest BCUT2D eigenvalue weighted by Crippen LogP contribution is -2.51. The van der Waals surface area contributed by atoms with Crippen LogP contribution in [0, 0.1) is 11.8 Å². The molecule has 2 atom stereocenters. The van der Waals surface area contributed by atoms with Crippen LogP contribution in [0.3, 0.4) is 0 Å². The van der Waals surface area contributed by atoms with Gasteiger partial charge in [0, 0.05) is 6.42 Å². The van der Waals surface area contributed by atoms with Crippen LogP contribution in [-0.2, 0) is 16.5 Å². The first-order valence-corrected chi connectivity index (χ1v) is 9.50. The Morgan fingerprint density at radius 3 is 2.63 bits per heavy atom. The zero-order valence-electron chi connectivity index (χ0n) is 15.6. The van der Waals surface area contributed by atoms with E-state index in [0.29, 0.717) is 30.7 Å². The van der Waals surface area contributed by atoms with Gasteiger partial charge in [0.05, 0.1) is 11.1 Å². The monoisotopic (exact) mass is 404 g/mol. The summed E-state index contributed by atoms with van der Waals surface area (Å²) in [6.45, 7) is 4.07. The molecule has 2 N–H and O–H groups in total. The van der Waals surface area contributed by atoms with Crippen LogP contribution in [0.5, 0.6) is 0 Å². The largest absolute Gasteiger partial charge is 0.416 e. The molecule has 1 saturated carbocycles. The fourth-order valence-corrected chi connectivity index (χ4v) is 4.15. The van der Waals surface area contributed by atoms with Crippen molar-refractivity contribution in [2.45, 2.75) is 57.2 Å². The molecule has 2 unspecified atom stereocenters. The Kier molecular flexibility index (Phi) is 7.20. The third-order valence-corrected chi connectivity index (χ3v) is 5.98. The third-order valence-electron chi connectivity index (χ3n) is 5.98. The average molecular weight is 405 g/mol. The number of hydrogen-bond acceptors (Lipinski definition) is 2. The highest BCUT2D eigenvalue weighted by molar-refractivity contribution is 5.85. The molecule has 27 heavy (non-hydrogen) atoms. The predicted molar refractivity (Wildman–Crippen MR) is 102 cm³/mol. The summed E-state index contributed by atoms with van der Waals surface area (Å²) < 4.78 is 39.1. The lowest BCUT2D eigenvalue weighted by molar-refractivity contribution is -0.137. The summed E-state index contributed by atoms with van der Waals surface area (Å²) in [4.78, 5) is 12.6. The molecule has 2 aliphatic rings. The quantitative estimate of drug-likeness (QED) is 0.750. The van der Waals surface area contributed by atoms with Crippen LogP contribution in [0.1, 0.15) is 56.6 Å². The Morgan fingerprint density at radius 2 is 2.07 bits per heavy atom. The van der Waals surface area contributed by atoms with Gasteiger partial charge in [0.1, 0.15) is 0 Å². The zero-order chi connectivity index (χ0) is 18.8. The minimum Gasteiger partial charge on any atom is -0.347 e. The number of halogens is 4. The maximum absolute atomic E-state index is 13.0. The SMILES string of the molecule is CC(CC(=O)NC1(c2cccc(C(F)(F)F)c2)CCC1)C1CCCNC1.Cl. The van der Waals surface area contributed by atoms with Gasteiger partial charge in [0.15, 0.2) is 0 Å². The van der Waals surface area contributed by atoms with E-state index in [-0.39, 0.29) is 24.2 Å². The second-order valence-corrected chi connectivity index (χ2v) is 7.85. The molecule has 1 aliphatic carbocycles. The topological polar surface area (TPSA) is 41.1 Å². The Hall–Kier alpha value is -1.27. The normalized spacial score (nSPS) is 22.9.